The maximum Gasteiger partial charge on any atom is 0.0773 e. The van der Waals surface area contributed by atoms with Crippen LogP contribution in [0.1, 0.15) is 12.8 Å². The topological polar surface area (TPSA) is 147 Å². The fraction of sp³-hybridized carbons (Fsp3) is 1.00. The van der Waals surface area contributed by atoms with Gasteiger partial charge in [0.15, 0.2) is 0 Å². The average molecular weight is 414 g/mol. The fourth-order valence-electron chi connectivity index (χ4n) is 2.11. The molecule has 0 aromatic heterocycles. The Morgan fingerprint density at radius 1 is 0.571 bits per heavy atom. The van der Waals surface area contributed by atoms with Gasteiger partial charge in [0.25, 0.3) is 0 Å². The van der Waals surface area contributed by atoms with Crippen molar-refractivity contribution < 1.29 is 49.2 Å². The van der Waals surface area contributed by atoms with E-state index in [9.17, 15) is 20.4 Å². The first-order valence-electron chi connectivity index (χ1n) is 9.64. The van der Waals surface area contributed by atoms with Gasteiger partial charge in [0.2, 0.25) is 0 Å². The van der Waals surface area contributed by atoms with E-state index in [1.54, 1.807) is 0 Å². The summed E-state index contributed by atoms with van der Waals surface area (Å²) in [5.41, 5.74) is -0.969. The minimum atomic E-state index is -0.969. The summed E-state index contributed by atoms with van der Waals surface area (Å²) in [6, 6.07) is 0. The lowest BCUT2D eigenvalue weighted by Gasteiger charge is -2.28. The standard InChI is InChI=1S/C18H38O10/c19-3-4-24-5-6-25-7-8-26-9-10-27-11-12-28-13-17(23)1-2-18(14-20,15-21)16-22/h17,19-23H,1-16H2. The van der Waals surface area contributed by atoms with Gasteiger partial charge >= 0.3 is 0 Å². The lowest BCUT2D eigenvalue weighted by Crippen LogP contribution is -2.35. The quantitative estimate of drug-likeness (QED) is 0.128. The van der Waals surface area contributed by atoms with Crippen molar-refractivity contribution in [3.63, 3.8) is 0 Å². The normalized spacial score (nSPS) is 13.2. The van der Waals surface area contributed by atoms with Crippen molar-refractivity contribution in [1.29, 1.82) is 0 Å². The molecule has 0 bridgehead atoms. The van der Waals surface area contributed by atoms with E-state index in [1.807, 2.05) is 0 Å². The average Bonchev–Trinajstić information content (AvgIpc) is 2.72. The second-order valence-electron chi connectivity index (χ2n) is 6.41. The van der Waals surface area contributed by atoms with Crippen LogP contribution in [0, 0.1) is 5.41 Å². The highest BCUT2D eigenvalue weighted by atomic mass is 16.6. The van der Waals surface area contributed by atoms with Crippen molar-refractivity contribution in [3.8, 4) is 0 Å². The van der Waals surface area contributed by atoms with Crippen molar-refractivity contribution in [2.24, 2.45) is 5.41 Å². The van der Waals surface area contributed by atoms with Crippen LogP contribution in [0.15, 0.2) is 0 Å². The molecule has 0 radical (unpaired) electrons. The van der Waals surface area contributed by atoms with Crippen LogP contribution in [0.4, 0.5) is 0 Å². The van der Waals surface area contributed by atoms with Gasteiger partial charge in [-0.2, -0.15) is 0 Å². The van der Waals surface area contributed by atoms with E-state index >= 15 is 0 Å². The molecule has 28 heavy (non-hydrogen) atoms. The summed E-state index contributed by atoms with van der Waals surface area (Å²) in [6.45, 7) is 2.85. The molecule has 0 aliphatic carbocycles. The summed E-state index contributed by atoms with van der Waals surface area (Å²) >= 11 is 0. The Morgan fingerprint density at radius 2 is 0.964 bits per heavy atom. The Hall–Kier alpha value is -0.400. The van der Waals surface area contributed by atoms with Crippen molar-refractivity contribution in [2.45, 2.75) is 18.9 Å². The summed E-state index contributed by atoms with van der Waals surface area (Å²) in [7, 11) is 0. The zero-order chi connectivity index (χ0) is 20.9. The van der Waals surface area contributed by atoms with Gasteiger partial charge in [-0.15, -0.1) is 0 Å². The number of aliphatic hydroxyl groups excluding tert-OH is 5. The number of aliphatic hydroxyl groups is 5. The van der Waals surface area contributed by atoms with Crippen LogP contribution in [-0.4, -0.2) is 124 Å². The van der Waals surface area contributed by atoms with Crippen LogP contribution >= 0.6 is 0 Å². The van der Waals surface area contributed by atoms with Crippen molar-refractivity contribution in [1.82, 2.24) is 0 Å². The molecule has 0 heterocycles. The van der Waals surface area contributed by atoms with Gasteiger partial charge in [0.1, 0.15) is 0 Å². The molecule has 0 saturated heterocycles. The predicted octanol–water partition coefficient (Wildman–Crippen LogP) is -1.83. The fourth-order valence-corrected chi connectivity index (χ4v) is 2.11. The molecule has 170 valence electrons. The molecule has 0 aliphatic rings. The van der Waals surface area contributed by atoms with Gasteiger partial charge in [0.05, 0.1) is 98.6 Å². The van der Waals surface area contributed by atoms with Gasteiger partial charge in [-0.05, 0) is 12.8 Å². The highest BCUT2D eigenvalue weighted by Crippen LogP contribution is 2.23. The van der Waals surface area contributed by atoms with E-state index < -0.39 is 11.5 Å². The van der Waals surface area contributed by atoms with Crippen molar-refractivity contribution in [2.75, 3.05) is 92.5 Å². The minimum Gasteiger partial charge on any atom is -0.396 e. The van der Waals surface area contributed by atoms with Gasteiger partial charge in [-0.3, -0.25) is 0 Å². The van der Waals surface area contributed by atoms with E-state index in [0.29, 0.717) is 72.3 Å². The summed E-state index contributed by atoms with van der Waals surface area (Å²) in [5.74, 6) is 0. The van der Waals surface area contributed by atoms with Gasteiger partial charge < -0.3 is 49.2 Å². The summed E-state index contributed by atoms with van der Waals surface area (Å²) < 4.78 is 26.3. The van der Waals surface area contributed by atoms with Crippen LogP contribution in [0.25, 0.3) is 0 Å². The third kappa shape index (κ3) is 15.5. The third-order valence-corrected chi connectivity index (χ3v) is 4.05. The summed E-state index contributed by atoms with van der Waals surface area (Å²) in [6.07, 6.45) is -0.123. The Labute approximate surface area is 166 Å². The lowest BCUT2D eigenvalue weighted by atomic mass is 9.85. The lowest BCUT2D eigenvalue weighted by molar-refractivity contribution is -0.0340. The molecule has 0 fully saturated rings. The van der Waals surface area contributed by atoms with Crippen molar-refractivity contribution in [3.05, 3.63) is 0 Å². The predicted molar refractivity (Wildman–Crippen MR) is 100 cm³/mol. The van der Waals surface area contributed by atoms with E-state index in [1.165, 1.54) is 0 Å². The molecule has 5 N–H and O–H groups in total. The first-order valence-corrected chi connectivity index (χ1v) is 9.64. The molecule has 10 nitrogen and oxygen atoms in total. The molecular formula is C18H38O10. The maximum atomic E-state index is 9.84. The molecule has 0 amide bonds. The Morgan fingerprint density at radius 3 is 1.36 bits per heavy atom. The maximum absolute atomic E-state index is 9.84. The van der Waals surface area contributed by atoms with Crippen molar-refractivity contribution >= 4 is 0 Å². The first-order chi connectivity index (χ1) is 13.6. The largest absolute Gasteiger partial charge is 0.396 e. The number of rotatable bonds is 22. The molecule has 0 rings (SSSR count). The number of hydrogen-bond acceptors (Lipinski definition) is 10. The Bertz CT molecular complexity index is 306. The van der Waals surface area contributed by atoms with E-state index in [-0.39, 0.29) is 33.0 Å². The highest BCUT2D eigenvalue weighted by molar-refractivity contribution is 4.78. The molecule has 0 spiro atoms. The molecule has 10 heteroatoms. The molecule has 1 unspecified atom stereocenters. The van der Waals surface area contributed by atoms with Gasteiger partial charge in [-0.25, -0.2) is 0 Å². The summed E-state index contributed by atoms with van der Waals surface area (Å²) in [5, 5.41) is 46.0. The van der Waals surface area contributed by atoms with Gasteiger partial charge in [0, 0.05) is 5.41 Å². The van der Waals surface area contributed by atoms with Crippen LogP contribution in [0.2, 0.25) is 0 Å². The summed E-state index contributed by atoms with van der Waals surface area (Å²) in [4.78, 5) is 0. The Kier molecular flexibility index (Phi) is 19.6. The van der Waals surface area contributed by atoms with Crippen LogP contribution in [0.5, 0.6) is 0 Å². The smallest absolute Gasteiger partial charge is 0.0773 e. The molecule has 0 saturated carbocycles. The highest BCUT2D eigenvalue weighted by Gasteiger charge is 2.28. The monoisotopic (exact) mass is 414 g/mol. The van der Waals surface area contributed by atoms with E-state index in [2.05, 4.69) is 0 Å². The van der Waals surface area contributed by atoms with E-state index in [0.717, 1.165) is 0 Å². The minimum absolute atomic E-state index is 0.00917. The molecule has 0 aliphatic heterocycles. The zero-order valence-corrected chi connectivity index (χ0v) is 16.7. The number of ether oxygens (including phenoxy) is 5. The third-order valence-electron chi connectivity index (χ3n) is 4.05. The van der Waals surface area contributed by atoms with Gasteiger partial charge in [-0.1, -0.05) is 0 Å². The van der Waals surface area contributed by atoms with Crippen LogP contribution in [0.3, 0.4) is 0 Å². The second-order valence-corrected chi connectivity index (χ2v) is 6.41. The van der Waals surface area contributed by atoms with Crippen LogP contribution < -0.4 is 0 Å². The SMILES string of the molecule is OCCOCCOCCOCCOCCOCC(O)CCC(CO)(CO)CO. The van der Waals surface area contributed by atoms with E-state index in [4.69, 9.17) is 28.8 Å². The molecular weight excluding hydrogens is 376 g/mol. The second kappa shape index (κ2) is 19.9. The van der Waals surface area contributed by atoms with Crippen LogP contribution in [-0.2, 0) is 23.7 Å². The molecule has 0 aromatic rings. The molecule has 0 aromatic carbocycles. The Balaban J connectivity index is 3.34. The number of hydrogen-bond donors (Lipinski definition) is 5. The first kappa shape index (κ1) is 27.6. The molecule has 1 atom stereocenters. The zero-order valence-electron chi connectivity index (χ0n) is 16.7.